The fourth-order valence-electron chi connectivity index (χ4n) is 2.82. The van der Waals surface area contributed by atoms with Crippen LogP contribution in [0.25, 0.3) is 0 Å². The van der Waals surface area contributed by atoms with E-state index < -0.39 is 0 Å². The first kappa shape index (κ1) is 10.6. The van der Waals surface area contributed by atoms with Crippen LogP contribution >= 0.6 is 0 Å². The SMILES string of the molecule is CCC1C(=O)NC(C)(C)CC1(C)C. The minimum Gasteiger partial charge on any atom is -0.351 e. The first-order chi connectivity index (χ1) is 5.78. The van der Waals surface area contributed by atoms with Crippen LogP contribution < -0.4 is 5.32 Å². The second-order valence-electron chi connectivity index (χ2n) is 5.50. The van der Waals surface area contributed by atoms with Crippen molar-refractivity contribution in [3.05, 3.63) is 0 Å². The highest BCUT2D eigenvalue weighted by atomic mass is 16.2. The molecule has 0 aliphatic carbocycles. The lowest BCUT2D eigenvalue weighted by atomic mass is 9.66. The maximum absolute atomic E-state index is 11.7. The lowest BCUT2D eigenvalue weighted by Gasteiger charge is -2.46. The largest absolute Gasteiger partial charge is 0.351 e. The van der Waals surface area contributed by atoms with Gasteiger partial charge in [0.1, 0.15) is 0 Å². The molecule has 0 aromatic heterocycles. The van der Waals surface area contributed by atoms with Gasteiger partial charge in [-0.1, -0.05) is 20.8 Å². The number of rotatable bonds is 1. The molecular weight excluding hydrogens is 162 g/mol. The summed E-state index contributed by atoms with van der Waals surface area (Å²) in [5.41, 5.74) is 0.104. The van der Waals surface area contributed by atoms with Crippen molar-refractivity contribution in [1.82, 2.24) is 5.32 Å². The van der Waals surface area contributed by atoms with Gasteiger partial charge in [0.15, 0.2) is 0 Å². The fraction of sp³-hybridized carbons (Fsp3) is 0.909. The van der Waals surface area contributed by atoms with Gasteiger partial charge in [0, 0.05) is 11.5 Å². The lowest BCUT2D eigenvalue weighted by Crippen LogP contribution is -2.57. The number of nitrogens with one attached hydrogen (secondary N) is 1. The second kappa shape index (κ2) is 3.00. The molecule has 1 unspecified atom stereocenters. The Bertz CT molecular complexity index is 218. The molecule has 13 heavy (non-hydrogen) atoms. The zero-order chi connectivity index (χ0) is 10.3. The molecule has 1 N–H and O–H groups in total. The topological polar surface area (TPSA) is 29.1 Å². The Morgan fingerprint density at radius 3 is 2.31 bits per heavy atom. The molecule has 76 valence electrons. The number of hydrogen-bond acceptors (Lipinski definition) is 1. The van der Waals surface area contributed by atoms with Gasteiger partial charge in [-0.2, -0.15) is 0 Å². The molecule has 1 saturated heterocycles. The molecule has 1 rings (SSSR count). The van der Waals surface area contributed by atoms with Crippen molar-refractivity contribution in [3.8, 4) is 0 Å². The van der Waals surface area contributed by atoms with Crippen LogP contribution in [0.3, 0.4) is 0 Å². The van der Waals surface area contributed by atoms with E-state index in [1.165, 1.54) is 0 Å². The van der Waals surface area contributed by atoms with Gasteiger partial charge >= 0.3 is 0 Å². The van der Waals surface area contributed by atoms with Crippen LogP contribution in [0, 0.1) is 11.3 Å². The van der Waals surface area contributed by atoms with E-state index in [0.29, 0.717) is 0 Å². The van der Waals surface area contributed by atoms with Crippen LogP contribution in [0.5, 0.6) is 0 Å². The van der Waals surface area contributed by atoms with E-state index in [-0.39, 0.29) is 22.8 Å². The molecule has 0 aromatic carbocycles. The van der Waals surface area contributed by atoms with Crippen LogP contribution in [0.4, 0.5) is 0 Å². The number of hydrogen-bond donors (Lipinski definition) is 1. The van der Waals surface area contributed by atoms with Gasteiger partial charge in [-0.15, -0.1) is 0 Å². The minimum atomic E-state index is -0.0355. The quantitative estimate of drug-likeness (QED) is 0.664. The summed E-state index contributed by atoms with van der Waals surface area (Å²) in [6, 6.07) is 0. The predicted molar refractivity (Wildman–Crippen MR) is 54.4 cm³/mol. The first-order valence-electron chi connectivity index (χ1n) is 5.10. The molecule has 1 heterocycles. The van der Waals surface area contributed by atoms with Crippen molar-refractivity contribution in [2.75, 3.05) is 0 Å². The van der Waals surface area contributed by atoms with Gasteiger partial charge in [0.25, 0.3) is 0 Å². The summed E-state index contributed by atoms with van der Waals surface area (Å²) in [6.07, 6.45) is 2.00. The van der Waals surface area contributed by atoms with Gasteiger partial charge in [-0.05, 0) is 32.1 Å². The molecule has 2 heteroatoms. The van der Waals surface area contributed by atoms with E-state index in [1.807, 2.05) is 0 Å². The van der Waals surface area contributed by atoms with Crippen molar-refractivity contribution in [1.29, 1.82) is 0 Å². The third-order valence-corrected chi connectivity index (χ3v) is 3.03. The first-order valence-corrected chi connectivity index (χ1v) is 5.10. The zero-order valence-corrected chi connectivity index (χ0v) is 9.40. The monoisotopic (exact) mass is 183 g/mol. The average molecular weight is 183 g/mol. The van der Waals surface area contributed by atoms with E-state index >= 15 is 0 Å². The summed E-state index contributed by atoms with van der Waals surface area (Å²) >= 11 is 0. The van der Waals surface area contributed by atoms with Gasteiger partial charge < -0.3 is 5.32 Å². The Hall–Kier alpha value is -0.530. The summed E-state index contributed by atoms with van der Waals surface area (Å²) in [7, 11) is 0. The summed E-state index contributed by atoms with van der Waals surface area (Å²) in [4.78, 5) is 11.7. The molecular formula is C11H21NO. The smallest absolute Gasteiger partial charge is 0.224 e. The van der Waals surface area contributed by atoms with Gasteiger partial charge in [-0.3, -0.25) is 4.79 Å². The van der Waals surface area contributed by atoms with E-state index in [0.717, 1.165) is 12.8 Å². The Balaban J connectivity index is 2.88. The molecule has 0 bridgehead atoms. The molecule has 1 aliphatic heterocycles. The average Bonchev–Trinajstić information content (AvgIpc) is 1.79. The third kappa shape index (κ3) is 2.04. The molecule has 1 aliphatic rings. The highest BCUT2D eigenvalue weighted by Gasteiger charge is 2.44. The highest BCUT2D eigenvalue weighted by molar-refractivity contribution is 5.81. The van der Waals surface area contributed by atoms with E-state index in [2.05, 4.69) is 39.9 Å². The number of amides is 1. The van der Waals surface area contributed by atoms with E-state index in [9.17, 15) is 4.79 Å². The zero-order valence-electron chi connectivity index (χ0n) is 9.40. The second-order valence-corrected chi connectivity index (χ2v) is 5.50. The van der Waals surface area contributed by atoms with Crippen LogP contribution in [0.2, 0.25) is 0 Å². The van der Waals surface area contributed by atoms with E-state index in [1.54, 1.807) is 0 Å². The Morgan fingerprint density at radius 1 is 1.38 bits per heavy atom. The van der Waals surface area contributed by atoms with E-state index in [4.69, 9.17) is 0 Å². The van der Waals surface area contributed by atoms with Crippen molar-refractivity contribution in [3.63, 3.8) is 0 Å². The predicted octanol–water partition coefficient (Wildman–Crippen LogP) is 2.34. The maximum atomic E-state index is 11.7. The van der Waals surface area contributed by atoms with Crippen LogP contribution in [-0.4, -0.2) is 11.4 Å². The van der Waals surface area contributed by atoms with Crippen LogP contribution in [-0.2, 0) is 4.79 Å². The van der Waals surface area contributed by atoms with Crippen molar-refractivity contribution in [2.24, 2.45) is 11.3 Å². The fourth-order valence-corrected chi connectivity index (χ4v) is 2.82. The van der Waals surface area contributed by atoms with Crippen molar-refractivity contribution >= 4 is 5.91 Å². The Labute approximate surface area is 81.1 Å². The molecule has 0 saturated carbocycles. The Kier molecular flexibility index (Phi) is 2.44. The summed E-state index contributed by atoms with van der Waals surface area (Å²) in [5.74, 6) is 0.407. The van der Waals surface area contributed by atoms with Crippen LogP contribution in [0.1, 0.15) is 47.5 Å². The van der Waals surface area contributed by atoms with Crippen molar-refractivity contribution < 1.29 is 4.79 Å². The number of carbonyl (C=O) groups is 1. The standard InChI is InChI=1S/C11H21NO/c1-6-8-9(13)12-11(4,5)7-10(8,2)3/h8H,6-7H2,1-5H3,(H,12,13). The summed E-state index contributed by atoms with van der Waals surface area (Å²) in [6.45, 7) is 10.7. The molecule has 0 spiro atoms. The number of piperidine rings is 1. The Morgan fingerprint density at radius 2 is 1.92 bits per heavy atom. The van der Waals surface area contributed by atoms with Gasteiger partial charge in [0.05, 0.1) is 0 Å². The normalized spacial score (nSPS) is 31.2. The van der Waals surface area contributed by atoms with Crippen LogP contribution in [0.15, 0.2) is 0 Å². The summed E-state index contributed by atoms with van der Waals surface area (Å²) in [5, 5.41) is 3.07. The minimum absolute atomic E-state index is 0.0355. The molecule has 1 amide bonds. The molecule has 2 nitrogen and oxygen atoms in total. The maximum Gasteiger partial charge on any atom is 0.224 e. The molecule has 1 fully saturated rings. The molecule has 0 radical (unpaired) electrons. The highest BCUT2D eigenvalue weighted by Crippen LogP contribution is 2.40. The molecule has 0 aromatic rings. The van der Waals surface area contributed by atoms with Gasteiger partial charge in [-0.25, -0.2) is 0 Å². The van der Waals surface area contributed by atoms with Crippen molar-refractivity contribution in [2.45, 2.75) is 53.0 Å². The van der Waals surface area contributed by atoms with Gasteiger partial charge in [0.2, 0.25) is 5.91 Å². The summed E-state index contributed by atoms with van der Waals surface area (Å²) < 4.78 is 0. The lowest BCUT2D eigenvalue weighted by molar-refractivity contribution is -0.135. The third-order valence-electron chi connectivity index (χ3n) is 3.03. The molecule has 1 atom stereocenters. The number of carbonyl (C=O) groups excluding carboxylic acids is 1.